The number of methoxy groups -OCH3 is 1. The minimum absolute atomic E-state index is 0.342. The monoisotopic (exact) mass is 256 g/mol. The number of carbonyl (C=O) groups excluding carboxylic acids is 1. The second-order valence-corrected chi connectivity index (χ2v) is 4.35. The summed E-state index contributed by atoms with van der Waals surface area (Å²) in [5.74, 6) is 0.534. The predicted octanol–water partition coefficient (Wildman–Crippen LogP) is 2.60. The van der Waals surface area contributed by atoms with Gasteiger partial charge in [0.15, 0.2) is 0 Å². The number of anilines is 1. The smallest absolute Gasteiger partial charge is 0.337 e. The molecule has 1 heterocycles. The van der Waals surface area contributed by atoms with Crippen molar-refractivity contribution in [3.8, 4) is 11.3 Å². The van der Waals surface area contributed by atoms with E-state index in [1.54, 1.807) is 12.1 Å². The van der Waals surface area contributed by atoms with Crippen molar-refractivity contribution in [1.82, 2.24) is 4.98 Å². The SMILES string of the molecule is COC(=O)c1cccc(-c2cccc(N(C)C)n2)c1. The molecule has 0 radical (unpaired) electrons. The number of esters is 1. The van der Waals surface area contributed by atoms with Crippen LogP contribution in [0.2, 0.25) is 0 Å². The van der Waals surface area contributed by atoms with Crippen LogP contribution in [0, 0.1) is 0 Å². The summed E-state index contributed by atoms with van der Waals surface area (Å²) in [6.45, 7) is 0. The number of rotatable bonds is 3. The molecule has 0 bridgehead atoms. The number of pyridine rings is 1. The molecule has 0 spiro atoms. The second-order valence-electron chi connectivity index (χ2n) is 4.35. The Morgan fingerprint density at radius 3 is 2.58 bits per heavy atom. The van der Waals surface area contributed by atoms with Crippen molar-refractivity contribution in [3.05, 3.63) is 48.0 Å². The standard InChI is InChI=1S/C15H16N2O2/c1-17(2)14-9-5-8-13(16-14)11-6-4-7-12(10-11)15(18)19-3/h4-10H,1-3H3. The first-order valence-corrected chi connectivity index (χ1v) is 5.95. The lowest BCUT2D eigenvalue weighted by Crippen LogP contribution is -2.10. The first-order chi connectivity index (χ1) is 9.11. The number of hydrogen-bond acceptors (Lipinski definition) is 4. The van der Waals surface area contributed by atoms with Crippen LogP contribution in [-0.2, 0) is 4.74 Å². The quantitative estimate of drug-likeness (QED) is 0.792. The van der Waals surface area contributed by atoms with Gasteiger partial charge in [-0.1, -0.05) is 18.2 Å². The van der Waals surface area contributed by atoms with Gasteiger partial charge in [-0.25, -0.2) is 9.78 Å². The fraction of sp³-hybridized carbons (Fsp3) is 0.200. The van der Waals surface area contributed by atoms with Gasteiger partial charge in [-0.05, 0) is 24.3 Å². The summed E-state index contributed by atoms with van der Waals surface area (Å²) >= 11 is 0. The summed E-state index contributed by atoms with van der Waals surface area (Å²) in [5, 5.41) is 0. The van der Waals surface area contributed by atoms with Gasteiger partial charge in [0.25, 0.3) is 0 Å². The number of aromatic nitrogens is 1. The molecule has 19 heavy (non-hydrogen) atoms. The maximum atomic E-state index is 11.5. The van der Waals surface area contributed by atoms with Crippen molar-refractivity contribution in [2.45, 2.75) is 0 Å². The number of nitrogens with zero attached hydrogens (tertiary/aromatic N) is 2. The van der Waals surface area contributed by atoms with E-state index in [1.807, 2.05) is 49.3 Å². The summed E-state index contributed by atoms with van der Waals surface area (Å²) in [6.07, 6.45) is 0. The third-order valence-electron chi connectivity index (χ3n) is 2.77. The fourth-order valence-electron chi connectivity index (χ4n) is 1.76. The van der Waals surface area contributed by atoms with Crippen LogP contribution in [0.3, 0.4) is 0 Å². The van der Waals surface area contributed by atoms with Gasteiger partial charge in [-0.2, -0.15) is 0 Å². The van der Waals surface area contributed by atoms with Crippen LogP contribution in [0.5, 0.6) is 0 Å². The largest absolute Gasteiger partial charge is 0.465 e. The molecule has 0 N–H and O–H groups in total. The third-order valence-corrected chi connectivity index (χ3v) is 2.77. The Hall–Kier alpha value is -2.36. The molecule has 0 aliphatic carbocycles. The van der Waals surface area contributed by atoms with Crippen LogP contribution in [-0.4, -0.2) is 32.2 Å². The molecule has 1 aromatic carbocycles. The van der Waals surface area contributed by atoms with Gasteiger partial charge in [-0.3, -0.25) is 0 Å². The zero-order valence-corrected chi connectivity index (χ0v) is 11.3. The summed E-state index contributed by atoms with van der Waals surface area (Å²) in [6, 6.07) is 13.1. The van der Waals surface area contributed by atoms with Crippen molar-refractivity contribution in [2.24, 2.45) is 0 Å². The summed E-state index contributed by atoms with van der Waals surface area (Å²) in [7, 11) is 5.26. The molecule has 4 nitrogen and oxygen atoms in total. The van der Waals surface area contributed by atoms with Crippen LogP contribution >= 0.6 is 0 Å². The lowest BCUT2D eigenvalue weighted by Gasteiger charge is -2.12. The molecule has 0 aliphatic heterocycles. The van der Waals surface area contributed by atoms with Gasteiger partial charge in [0.1, 0.15) is 5.82 Å². The molecule has 0 fully saturated rings. The zero-order chi connectivity index (χ0) is 13.8. The van der Waals surface area contributed by atoms with Crippen LogP contribution in [0.4, 0.5) is 5.82 Å². The lowest BCUT2D eigenvalue weighted by molar-refractivity contribution is 0.0601. The van der Waals surface area contributed by atoms with Gasteiger partial charge in [-0.15, -0.1) is 0 Å². The molecule has 0 unspecified atom stereocenters. The molecule has 1 aromatic heterocycles. The van der Waals surface area contributed by atoms with Crippen LogP contribution in [0.15, 0.2) is 42.5 Å². The summed E-state index contributed by atoms with van der Waals surface area (Å²) < 4.78 is 4.72. The molecule has 4 heteroatoms. The van der Waals surface area contributed by atoms with Crippen molar-refractivity contribution in [2.75, 3.05) is 26.1 Å². The first kappa shape index (κ1) is 13.1. The number of ether oxygens (including phenoxy) is 1. The number of carbonyl (C=O) groups is 1. The number of hydrogen-bond donors (Lipinski definition) is 0. The minimum atomic E-state index is -0.342. The molecule has 0 saturated carbocycles. The topological polar surface area (TPSA) is 42.4 Å². The lowest BCUT2D eigenvalue weighted by atomic mass is 10.1. The van der Waals surface area contributed by atoms with Gasteiger partial charge in [0.2, 0.25) is 0 Å². The van der Waals surface area contributed by atoms with Gasteiger partial charge in [0.05, 0.1) is 18.4 Å². The van der Waals surface area contributed by atoms with Crippen molar-refractivity contribution < 1.29 is 9.53 Å². The molecule has 0 aliphatic rings. The normalized spacial score (nSPS) is 10.1. The van der Waals surface area contributed by atoms with Gasteiger partial charge < -0.3 is 9.64 Å². The highest BCUT2D eigenvalue weighted by Gasteiger charge is 2.08. The van der Waals surface area contributed by atoms with Crippen LogP contribution in [0.25, 0.3) is 11.3 Å². The van der Waals surface area contributed by atoms with E-state index in [1.165, 1.54) is 7.11 Å². The molecule has 0 saturated heterocycles. The Morgan fingerprint density at radius 2 is 1.89 bits per heavy atom. The molecule has 2 rings (SSSR count). The summed E-state index contributed by atoms with van der Waals surface area (Å²) in [4.78, 5) is 18.0. The third kappa shape index (κ3) is 2.91. The zero-order valence-electron chi connectivity index (χ0n) is 11.3. The first-order valence-electron chi connectivity index (χ1n) is 5.95. The van der Waals surface area contributed by atoms with E-state index in [0.717, 1.165) is 17.1 Å². The Labute approximate surface area is 112 Å². The average molecular weight is 256 g/mol. The molecular weight excluding hydrogens is 240 g/mol. The summed E-state index contributed by atoms with van der Waals surface area (Å²) in [5.41, 5.74) is 2.25. The molecule has 0 atom stereocenters. The molecule has 0 amide bonds. The second kappa shape index (κ2) is 5.52. The highest BCUT2D eigenvalue weighted by molar-refractivity contribution is 5.90. The van der Waals surface area contributed by atoms with E-state index >= 15 is 0 Å². The van der Waals surface area contributed by atoms with E-state index < -0.39 is 0 Å². The van der Waals surface area contributed by atoms with Gasteiger partial charge in [0, 0.05) is 19.7 Å². The maximum Gasteiger partial charge on any atom is 0.337 e. The Bertz CT molecular complexity index is 594. The molecule has 98 valence electrons. The van der Waals surface area contributed by atoms with E-state index in [9.17, 15) is 4.79 Å². The van der Waals surface area contributed by atoms with E-state index in [0.29, 0.717) is 5.56 Å². The predicted molar refractivity (Wildman–Crippen MR) is 75.3 cm³/mol. The average Bonchev–Trinajstić information content (AvgIpc) is 2.46. The van der Waals surface area contributed by atoms with Crippen molar-refractivity contribution in [3.63, 3.8) is 0 Å². The highest BCUT2D eigenvalue weighted by atomic mass is 16.5. The van der Waals surface area contributed by atoms with Crippen molar-refractivity contribution >= 4 is 11.8 Å². The minimum Gasteiger partial charge on any atom is -0.465 e. The molecule has 2 aromatic rings. The van der Waals surface area contributed by atoms with E-state index in [-0.39, 0.29) is 5.97 Å². The Kier molecular flexibility index (Phi) is 3.80. The Balaban J connectivity index is 2.41. The van der Waals surface area contributed by atoms with E-state index in [2.05, 4.69) is 4.98 Å². The Morgan fingerprint density at radius 1 is 1.16 bits per heavy atom. The van der Waals surface area contributed by atoms with Crippen LogP contribution in [0.1, 0.15) is 10.4 Å². The maximum absolute atomic E-state index is 11.5. The van der Waals surface area contributed by atoms with Crippen LogP contribution < -0.4 is 4.90 Å². The fourth-order valence-corrected chi connectivity index (χ4v) is 1.76. The number of benzene rings is 1. The van der Waals surface area contributed by atoms with Gasteiger partial charge >= 0.3 is 5.97 Å². The van der Waals surface area contributed by atoms with Crippen molar-refractivity contribution in [1.29, 1.82) is 0 Å². The van der Waals surface area contributed by atoms with E-state index in [4.69, 9.17) is 4.74 Å². The molecular formula is C15H16N2O2. The highest BCUT2D eigenvalue weighted by Crippen LogP contribution is 2.21.